The Labute approximate surface area is 243 Å². The third-order valence-electron chi connectivity index (χ3n) is 8.02. The Bertz CT molecular complexity index is 1870. The Kier molecular flexibility index (Phi) is 5.96. The lowest BCUT2D eigenvalue weighted by molar-refractivity contribution is -0.138. The number of nitrogen functional groups attached to an aromatic ring is 1. The fourth-order valence-corrected chi connectivity index (χ4v) is 6.45. The predicted molar refractivity (Wildman–Crippen MR) is 158 cm³/mol. The Balaban J connectivity index is 1.26. The lowest BCUT2D eigenvalue weighted by Crippen LogP contribution is -2.46. The lowest BCUT2D eigenvalue weighted by Gasteiger charge is -2.27. The summed E-state index contributed by atoms with van der Waals surface area (Å²) in [6.07, 6.45) is 6.54. The first kappa shape index (κ1) is 25.5. The van der Waals surface area contributed by atoms with E-state index in [4.69, 9.17) is 5.73 Å². The number of aryl methyl sites for hydroxylation is 2. The highest BCUT2D eigenvalue weighted by Gasteiger charge is 2.56. The summed E-state index contributed by atoms with van der Waals surface area (Å²) < 4.78 is 2.52. The number of anilines is 2. The molecule has 2 amide bonds. The molecule has 1 unspecified atom stereocenters. The lowest BCUT2D eigenvalue weighted by atomic mass is 10.0. The number of hydrogen-bond donors (Lipinski definition) is 2. The van der Waals surface area contributed by atoms with Crippen LogP contribution in [0.4, 0.5) is 11.6 Å². The van der Waals surface area contributed by atoms with E-state index in [9.17, 15) is 9.59 Å². The highest BCUT2D eigenvalue weighted by molar-refractivity contribution is 9.10. The van der Waals surface area contributed by atoms with E-state index in [0.717, 1.165) is 34.0 Å². The maximum absolute atomic E-state index is 14.0. The van der Waals surface area contributed by atoms with E-state index in [0.29, 0.717) is 45.4 Å². The number of piperidine rings is 1. The summed E-state index contributed by atoms with van der Waals surface area (Å²) in [4.78, 5) is 50.8. The minimum absolute atomic E-state index is 0.0203. The van der Waals surface area contributed by atoms with Crippen molar-refractivity contribution < 1.29 is 9.59 Å². The first-order valence-electron chi connectivity index (χ1n) is 13.3. The third kappa shape index (κ3) is 4.38. The van der Waals surface area contributed by atoms with Crippen molar-refractivity contribution in [2.24, 2.45) is 5.92 Å². The van der Waals surface area contributed by atoms with Crippen LogP contribution in [-0.4, -0.2) is 58.3 Å². The Hall–Kier alpha value is -4.45. The van der Waals surface area contributed by atoms with Gasteiger partial charge in [-0.2, -0.15) is 0 Å². The minimum Gasteiger partial charge on any atom is -0.383 e. The molecule has 3 atom stereocenters. The largest absolute Gasteiger partial charge is 0.383 e. The van der Waals surface area contributed by atoms with Gasteiger partial charge in [0.25, 0.3) is 0 Å². The van der Waals surface area contributed by atoms with E-state index in [1.54, 1.807) is 35.5 Å². The van der Waals surface area contributed by atoms with Crippen LogP contribution in [0, 0.1) is 19.8 Å². The van der Waals surface area contributed by atoms with E-state index in [2.05, 4.69) is 46.2 Å². The maximum atomic E-state index is 14.0. The summed E-state index contributed by atoms with van der Waals surface area (Å²) in [7, 11) is 0. The van der Waals surface area contributed by atoms with Crippen molar-refractivity contribution in [2.75, 3.05) is 11.1 Å². The summed E-state index contributed by atoms with van der Waals surface area (Å²) in [5, 5.41) is 4.42. The zero-order valence-electron chi connectivity index (χ0n) is 22.4. The van der Waals surface area contributed by atoms with Crippen LogP contribution >= 0.6 is 15.9 Å². The van der Waals surface area contributed by atoms with Crippen molar-refractivity contribution in [3.05, 3.63) is 65.0 Å². The standard InChI is InChI=1S/C29H26BrN9O2/c1-14-6-16(18-10-32-15(2)33-11-18)7-19-25-27(31)34-13-35-28(25)38(26(14)19)12-24(40)39-20-8-17(20)9-21(39)29(41)37-23-5-3-4-22(30)36-23/h3-7,10-11,13,17,20-21H,8-9,12H2,1-2H3,(H2,31,34,35)(H,36,37,41)/t17?,20-,21+/m1/s1. The number of rotatable bonds is 5. The van der Waals surface area contributed by atoms with Crippen LogP contribution in [0.2, 0.25) is 0 Å². The van der Waals surface area contributed by atoms with Crippen molar-refractivity contribution in [3.63, 3.8) is 0 Å². The summed E-state index contributed by atoms with van der Waals surface area (Å²) in [5.74, 6) is 1.44. The molecule has 1 aliphatic carbocycles. The van der Waals surface area contributed by atoms with E-state index in [1.807, 2.05) is 30.5 Å². The molecule has 5 aromatic rings. The van der Waals surface area contributed by atoms with Crippen molar-refractivity contribution in [3.8, 4) is 11.1 Å². The fraction of sp³-hybridized carbons (Fsp3) is 0.276. The van der Waals surface area contributed by atoms with E-state index in [-0.39, 0.29) is 24.4 Å². The zero-order chi connectivity index (χ0) is 28.4. The fourth-order valence-electron chi connectivity index (χ4n) is 6.10. The average Bonchev–Trinajstić information content (AvgIpc) is 3.48. The van der Waals surface area contributed by atoms with Gasteiger partial charge in [-0.25, -0.2) is 24.9 Å². The van der Waals surface area contributed by atoms with E-state index < -0.39 is 6.04 Å². The normalized spacial score (nSPS) is 19.5. The number of likely N-dealkylation sites (tertiary alicyclic amines) is 1. The molecule has 0 bridgehead atoms. The number of carbonyl (C=O) groups is 2. The molecule has 1 saturated carbocycles. The Morgan fingerprint density at radius 1 is 1.07 bits per heavy atom. The minimum atomic E-state index is -0.561. The topological polar surface area (TPSA) is 145 Å². The van der Waals surface area contributed by atoms with Crippen LogP contribution in [-0.2, 0) is 16.1 Å². The molecule has 11 nitrogen and oxygen atoms in total. The first-order valence-corrected chi connectivity index (χ1v) is 14.1. The van der Waals surface area contributed by atoms with Crippen LogP contribution in [0.5, 0.6) is 0 Å². The van der Waals surface area contributed by atoms with Crippen molar-refractivity contribution in [2.45, 2.75) is 45.3 Å². The van der Waals surface area contributed by atoms with Crippen molar-refractivity contribution in [1.29, 1.82) is 0 Å². The molecule has 3 N–H and O–H groups in total. The highest BCUT2D eigenvalue weighted by atomic mass is 79.9. The predicted octanol–water partition coefficient (Wildman–Crippen LogP) is 4.03. The molecular formula is C29H26BrN9O2. The SMILES string of the molecule is Cc1ncc(-c2cc(C)c3c(c2)c2c(N)ncnc2n3CC(=O)N2[C@@H]3CC3C[C@H]2C(=O)Nc2cccc(Br)n2)cn1. The highest BCUT2D eigenvalue weighted by Crippen LogP contribution is 2.48. The van der Waals surface area contributed by atoms with Crippen LogP contribution < -0.4 is 11.1 Å². The quantitative estimate of drug-likeness (QED) is 0.283. The van der Waals surface area contributed by atoms with Gasteiger partial charge in [0.05, 0.1) is 10.9 Å². The van der Waals surface area contributed by atoms with Crippen LogP contribution in [0.25, 0.3) is 33.1 Å². The van der Waals surface area contributed by atoms with Gasteiger partial charge in [0.2, 0.25) is 11.8 Å². The molecular weight excluding hydrogens is 586 g/mol. The van der Waals surface area contributed by atoms with Gasteiger partial charge in [-0.3, -0.25) is 9.59 Å². The summed E-state index contributed by atoms with van der Waals surface area (Å²) in [6.45, 7) is 3.86. The second-order valence-electron chi connectivity index (χ2n) is 10.7. The molecule has 4 aromatic heterocycles. The molecule has 0 radical (unpaired) electrons. The van der Waals surface area contributed by atoms with Gasteiger partial charge in [0, 0.05) is 29.4 Å². The number of pyridine rings is 1. The smallest absolute Gasteiger partial charge is 0.248 e. The molecule has 12 heteroatoms. The maximum Gasteiger partial charge on any atom is 0.248 e. The molecule has 206 valence electrons. The number of nitrogens with zero attached hydrogens (tertiary/aromatic N) is 7. The molecule has 7 rings (SSSR count). The molecule has 2 fully saturated rings. The Morgan fingerprint density at radius 3 is 2.66 bits per heavy atom. The van der Waals surface area contributed by atoms with Crippen LogP contribution in [0.15, 0.2) is 53.7 Å². The zero-order valence-corrected chi connectivity index (χ0v) is 24.0. The van der Waals surface area contributed by atoms with E-state index >= 15 is 0 Å². The monoisotopic (exact) mass is 611 g/mol. The Morgan fingerprint density at radius 2 is 1.88 bits per heavy atom. The third-order valence-corrected chi connectivity index (χ3v) is 8.46. The molecule has 0 spiro atoms. The number of aromatic nitrogens is 6. The summed E-state index contributed by atoms with van der Waals surface area (Å²) in [5.41, 5.74) is 10.6. The van der Waals surface area contributed by atoms with Crippen LogP contribution in [0.3, 0.4) is 0 Å². The van der Waals surface area contributed by atoms with Gasteiger partial charge < -0.3 is 20.5 Å². The van der Waals surface area contributed by atoms with Crippen LogP contribution in [0.1, 0.15) is 24.2 Å². The second kappa shape index (κ2) is 9.58. The van der Waals surface area contributed by atoms with Gasteiger partial charge in [0.1, 0.15) is 46.6 Å². The summed E-state index contributed by atoms with van der Waals surface area (Å²) in [6, 6.07) is 8.90. The first-order chi connectivity index (χ1) is 19.8. The van der Waals surface area contributed by atoms with Gasteiger partial charge in [-0.15, -0.1) is 0 Å². The molecule has 5 heterocycles. The number of amides is 2. The van der Waals surface area contributed by atoms with E-state index in [1.165, 1.54) is 6.33 Å². The van der Waals surface area contributed by atoms with Crippen molar-refractivity contribution in [1.82, 2.24) is 34.4 Å². The van der Waals surface area contributed by atoms with Gasteiger partial charge in [-0.1, -0.05) is 6.07 Å². The molecule has 1 aromatic carbocycles. The van der Waals surface area contributed by atoms with Crippen molar-refractivity contribution >= 4 is 61.3 Å². The average molecular weight is 612 g/mol. The molecule has 1 aliphatic heterocycles. The number of hydrogen-bond acceptors (Lipinski definition) is 8. The van der Waals surface area contributed by atoms with Gasteiger partial charge >= 0.3 is 0 Å². The number of benzene rings is 1. The molecule has 41 heavy (non-hydrogen) atoms. The molecule has 1 saturated heterocycles. The van der Waals surface area contributed by atoms with Gasteiger partial charge in [0.15, 0.2) is 0 Å². The van der Waals surface area contributed by atoms with Gasteiger partial charge in [-0.05, 0) is 83.9 Å². The number of carbonyl (C=O) groups excluding carboxylic acids is 2. The summed E-state index contributed by atoms with van der Waals surface area (Å²) >= 11 is 3.34. The number of fused-ring (bicyclic) bond motifs is 4. The number of nitrogens with one attached hydrogen (secondary N) is 1. The molecule has 2 aliphatic rings. The number of nitrogens with two attached hydrogens (primary N) is 1. The second-order valence-corrected chi connectivity index (χ2v) is 11.5. The number of halogens is 1.